The summed E-state index contributed by atoms with van der Waals surface area (Å²) in [5.41, 5.74) is 6.29. The predicted molar refractivity (Wildman–Crippen MR) is 159 cm³/mol. The first-order valence-corrected chi connectivity index (χ1v) is 16.2. The van der Waals surface area contributed by atoms with Gasteiger partial charge in [-0.1, -0.05) is 24.3 Å². The molecule has 0 aromatic heterocycles. The van der Waals surface area contributed by atoms with Crippen molar-refractivity contribution in [2.45, 2.75) is 89.9 Å². The van der Waals surface area contributed by atoms with Crippen molar-refractivity contribution in [2.24, 2.45) is 47.3 Å². The van der Waals surface area contributed by atoms with E-state index in [0.717, 1.165) is 69.8 Å². The highest BCUT2D eigenvalue weighted by molar-refractivity contribution is 6.43. The lowest BCUT2D eigenvalue weighted by atomic mass is 9.51. The van der Waals surface area contributed by atoms with Gasteiger partial charge in [0, 0.05) is 11.4 Å². The van der Waals surface area contributed by atoms with E-state index in [4.69, 9.17) is 0 Å². The smallest absolute Gasteiger partial charge is 0.314 e. The molecule has 0 atom stereocenters. The summed E-state index contributed by atoms with van der Waals surface area (Å²) in [5.74, 6) is 6.97. The van der Waals surface area contributed by atoms with Crippen molar-refractivity contribution in [3.63, 3.8) is 0 Å². The zero-order chi connectivity index (χ0) is 27.1. The maximum atomic E-state index is 13.2. The van der Waals surface area contributed by atoms with Crippen LogP contribution in [-0.4, -0.2) is 11.8 Å². The largest absolute Gasteiger partial charge is 0.318 e. The molecule has 8 fully saturated rings. The molecule has 2 N–H and O–H groups in total. The lowest BCUT2D eigenvalue weighted by Gasteiger charge is -2.54. The maximum Gasteiger partial charge on any atom is 0.314 e. The summed E-state index contributed by atoms with van der Waals surface area (Å²) in [6.07, 6.45) is 13.9. The topological polar surface area (TPSA) is 58.2 Å². The third-order valence-electron chi connectivity index (χ3n) is 12.4. The van der Waals surface area contributed by atoms with Gasteiger partial charge >= 0.3 is 11.8 Å². The second kappa shape index (κ2) is 9.46. The lowest BCUT2D eigenvalue weighted by Crippen LogP contribution is -2.43. The summed E-state index contributed by atoms with van der Waals surface area (Å²) in [4.78, 5) is 26.4. The van der Waals surface area contributed by atoms with Gasteiger partial charge in [-0.05, 0) is 172 Å². The van der Waals surface area contributed by atoms with E-state index in [1.54, 1.807) is 0 Å². The van der Waals surface area contributed by atoms with E-state index in [-0.39, 0.29) is 0 Å². The molecule has 0 radical (unpaired) electrons. The van der Waals surface area contributed by atoms with Gasteiger partial charge in [0.25, 0.3) is 0 Å². The molecule has 8 aliphatic rings. The number of carbonyl (C=O) groups is 2. The molecule has 2 aromatic carbocycles. The van der Waals surface area contributed by atoms with Crippen LogP contribution in [0.25, 0.3) is 0 Å². The van der Waals surface area contributed by atoms with Crippen LogP contribution in [0.5, 0.6) is 0 Å². The number of hydrogen-bond acceptors (Lipinski definition) is 2. The standard InChI is InChI=1S/C36H44N2O2/c1-19-3-5-25(33-27-9-21-7-22(11-27)12-28(33)10-21)17-31(19)37-35(39)36(40)38-32-18-26(6-4-20(32)2)34-29-13-23-8-24(15-29)16-30(34)14-23/h3-6,17-18,21-24,27-30,33-34H,7-16H2,1-2H3,(H,37,39)(H,38,40). The first-order valence-electron chi connectivity index (χ1n) is 16.2. The van der Waals surface area contributed by atoms with Crippen LogP contribution in [-0.2, 0) is 9.59 Å². The average Bonchev–Trinajstić information content (AvgIpc) is 2.91. The highest BCUT2D eigenvalue weighted by Crippen LogP contribution is 2.61. The van der Waals surface area contributed by atoms with Crippen LogP contribution in [0.2, 0.25) is 0 Å². The molecule has 0 aliphatic heterocycles. The Morgan fingerprint density at radius 3 is 1.18 bits per heavy atom. The van der Waals surface area contributed by atoms with Crippen molar-refractivity contribution in [3.05, 3.63) is 58.7 Å². The second-order valence-corrected chi connectivity index (χ2v) is 15.0. The monoisotopic (exact) mass is 536 g/mol. The zero-order valence-corrected chi connectivity index (χ0v) is 24.1. The van der Waals surface area contributed by atoms with Gasteiger partial charge in [-0.2, -0.15) is 0 Å². The molecule has 2 aromatic rings. The summed E-state index contributed by atoms with van der Waals surface area (Å²) >= 11 is 0. The quantitative estimate of drug-likeness (QED) is 0.390. The van der Waals surface area contributed by atoms with E-state index in [0.29, 0.717) is 11.8 Å². The molecular formula is C36H44N2O2. The van der Waals surface area contributed by atoms with Crippen LogP contribution in [0.4, 0.5) is 11.4 Å². The first kappa shape index (κ1) is 25.1. The fraction of sp³-hybridized carbons (Fsp3) is 0.611. The van der Waals surface area contributed by atoms with Gasteiger partial charge in [-0.15, -0.1) is 0 Å². The number of hydrogen-bond donors (Lipinski definition) is 2. The number of carbonyl (C=O) groups excluding carboxylic acids is 2. The van der Waals surface area contributed by atoms with E-state index in [2.05, 4.69) is 47.0 Å². The normalized spacial score (nSPS) is 38.5. The summed E-state index contributed by atoms with van der Waals surface area (Å²) in [6, 6.07) is 13.2. The molecule has 8 aliphatic carbocycles. The number of nitrogens with one attached hydrogen (secondary N) is 2. The molecule has 0 saturated heterocycles. The molecule has 210 valence electrons. The summed E-state index contributed by atoms with van der Waals surface area (Å²) in [6.45, 7) is 4.04. The Hall–Kier alpha value is -2.62. The minimum absolute atomic E-state index is 0.579. The van der Waals surface area contributed by atoms with Crippen molar-refractivity contribution in [3.8, 4) is 0 Å². The highest BCUT2D eigenvalue weighted by Gasteiger charge is 2.49. The van der Waals surface area contributed by atoms with Gasteiger partial charge < -0.3 is 10.6 Å². The van der Waals surface area contributed by atoms with Crippen LogP contribution in [0.15, 0.2) is 36.4 Å². The Bertz CT molecular complexity index is 1200. The molecule has 0 unspecified atom stereocenters. The minimum atomic E-state index is -0.579. The Balaban J connectivity index is 0.976. The number of benzene rings is 2. The Morgan fingerprint density at radius 2 is 0.850 bits per heavy atom. The summed E-state index contributed by atoms with van der Waals surface area (Å²) in [7, 11) is 0. The molecule has 40 heavy (non-hydrogen) atoms. The molecule has 4 heteroatoms. The lowest BCUT2D eigenvalue weighted by molar-refractivity contribution is -0.133. The Morgan fingerprint density at radius 1 is 0.525 bits per heavy atom. The molecule has 4 nitrogen and oxygen atoms in total. The van der Waals surface area contributed by atoms with Crippen LogP contribution in [0, 0.1) is 61.2 Å². The number of amides is 2. The molecular weight excluding hydrogens is 492 g/mol. The van der Waals surface area contributed by atoms with Crippen molar-refractivity contribution >= 4 is 23.2 Å². The van der Waals surface area contributed by atoms with Crippen molar-refractivity contribution < 1.29 is 9.59 Å². The van der Waals surface area contributed by atoms with Crippen LogP contribution in [0.3, 0.4) is 0 Å². The first-order chi connectivity index (χ1) is 19.4. The maximum absolute atomic E-state index is 13.2. The molecule has 10 rings (SSSR count). The predicted octanol–water partition coefficient (Wildman–Crippen LogP) is 7.96. The van der Waals surface area contributed by atoms with E-state index >= 15 is 0 Å². The average molecular weight is 537 g/mol. The fourth-order valence-electron chi connectivity index (χ4n) is 11.3. The van der Waals surface area contributed by atoms with Gasteiger partial charge in [-0.3, -0.25) is 9.59 Å². The van der Waals surface area contributed by atoms with Gasteiger partial charge in [0.1, 0.15) is 0 Å². The highest BCUT2D eigenvalue weighted by atomic mass is 16.2. The van der Waals surface area contributed by atoms with Gasteiger partial charge in [0.15, 0.2) is 0 Å². The molecule has 8 bridgehead atoms. The molecule has 0 heterocycles. The van der Waals surface area contributed by atoms with Crippen molar-refractivity contribution in [1.29, 1.82) is 0 Å². The number of rotatable bonds is 4. The van der Waals surface area contributed by atoms with E-state index in [1.807, 2.05) is 13.8 Å². The Kier molecular flexibility index (Phi) is 5.94. The zero-order valence-electron chi connectivity index (χ0n) is 24.1. The minimum Gasteiger partial charge on any atom is -0.318 e. The van der Waals surface area contributed by atoms with Crippen molar-refractivity contribution in [2.75, 3.05) is 10.6 Å². The number of aryl methyl sites for hydroxylation is 2. The molecule has 8 saturated carbocycles. The fourth-order valence-corrected chi connectivity index (χ4v) is 11.3. The van der Waals surface area contributed by atoms with Crippen LogP contribution < -0.4 is 10.6 Å². The Labute approximate surface area is 239 Å². The van der Waals surface area contributed by atoms with E-state index in [9.17, 15) is 9.59 Å². The number of anilines is 2. The van der Waals surface area contributed by atoms with Gasteiger partial charge in [-0.25, -0.2) is 0 Å². The van der Waals surface area contributed by atoms with Gasteiger partial charge in [0.2, 0.25) is 0 Å². The van der Waals surface area contributed by atoms with E-state index < -0.39 is 11.8 Å². The van der Waals surface area contributed by atoms with Crippen LogP contribution in [0.1, 0.15) is 98.3 Å². The molecule has 2 amide bonds. The van der Waals surface area contributed by atoms with Crippen molar-refractivity contribution in [1.82, 2.24) is 0 Å². The summed E-state index contributed by atoms with van der Waals surface area (Å²) in [5, 5.41) is 5.96. The molecule has 0 spiro atoms. The van der Waals surface area contributed by atoms with Crippen LogP contribution >= 0.6 is 0 Å². The third kappa shape index (κ3) is 4.23. The third-order valence-corrected chi connectivity index (χ3v) is 12.4. The van der Waals surface area contributed by atoms with E-state index in [1.165, 1.54) is 75.3 Å². The second-order valence-electron chi connectivity index (χ2n) is 15.0. The summed E-state index contributed by atoms with van der Waals surface area (Å²) < 4.78 is 0. The van der Waals surface area contributed by atoms with Gasteiger partial charge in [0.05, 0.1) is 0 Å². The SMILES string of the molecule is Cc1ccc(C2C3CC4CC(C3)CC2C4)cc1NC(=O)C(=O)Nc1cc(C2C3CC4CC(C3)CC2C4)ccc1C.